The molecular formula is C18H21N3O2S. The number of carbonyl (C=O) groups excluding carboxylic acids is 2. The summed E-state index contributed by atoms with van der Waals surface area (Å²) in [7, 11) is 0. The zero-order valence-electron chi connectivity index (χ0n) is 13.9. The van der Waals surface area contributed by atoms with Crippen molar-refractivity contribution in [1.29, 1.82) is 0 Å². The second-order valence-electron chi connectivity index (χ2n) is 6.11. The van der Waals surface area contributed by atoms with Crippen molar-refractivity contribution in [3.63, 3.8) is 0 Å². The molecule has 2 aromatic rings. The molecule has 0 spiro atoms. The summed E-state index contributed by atoms with van der Waals surface area (Å²) in [5, 5.41) is 5.83. The van der Waals surface area contributed by atoms with Crippen LogP contribution in [0.25, 0.3) is 0 Å². The highest BCUT2D eigenvalue weighted by atomic mass is 32.1. The maximum Gasteiger partial charge on any atom is 0.225 e. The van der Waals surface area contributed by atoms with Crippen LogP contribution < -0.4 is 5.32 Å². The highest BCUT2D eigenvalue weighted by molar-refractivity contribution is 7.09. The summed E-state index contributed by atoms with van der Waals surface area (Å²) in [6.07, 6.45) is 0.277. The minimum atomic E-state index is -0.289. The van der Waals surface area contributed by atoms with Crippen LogP contribution >= 0.6 is 11.3 Å². The van der Waals surface area contributed by atoms with Crippen LogP contribution in [0, 0.1) is 12.8 Å². The highest BCUT2D eigenvalue weighted by Gasteiger charge is 2.36. The molecule has 2 amide bonds. The van der Waals surface area contributed by atoms with Crippen molar-refractivity contribution in [2.24, 2.45) is 5.92 Å². The molecule has 2 unspecified atom stereocenters. The summed E-state index contributed by atoms with van der Waals surface area (Å²) in [6, 6.07) is 9.89. The number of hydrogen-bond donors (Lipinski definition) is 1. The molecule has 0 radical (unpaired) electrons. The van der Waals surface area contributed by atoms with E-state index in [0.717, 1.165) is 16.3 Å². The lowest BCUT2D eigenvalue weighted by Gasteiger charge is -2.25. The van der Waals surface area contributed by atoms with Crippen molar-refractivity contribution < 1.29 is 9.59 Å². The van der Waals surface area contributed by atoms with E-state index in [4.69, 9.17) is 0 Å². The second-order valence-corrected chi connectivity index (χ2v) is 7.17. The zero-order valence-corrected chi connectivity index (χ0v) is 14.7. The van der Waals surface area contributed by atoms with Crippen molar-refractivity contribution in [1.82, 2.24) is 15.2 Å². The fourth-order valence-corrected chi connectivity index (χ4v) is 3.62. The molecule has 1 fully saturated rings. The fraction of sp³-hybridized carbons (Fsp3) is 0.389. The van der Waals surface area contributed by atoms with Gasteiger partial charge in [0.25, 0.3) is 0 Å². The molecule has 0 saturated carbocycles. The molecule has 1 aliphatic heterocycles. The monoisotopic (exact) mass is 343 g/mol. The Kier molecular flexibility index (Phi) is 4.94. The summed E-state index contributed by atoms with van der Waals surface area (Å²) in [6.45, 7) is 4.83. The SMILES string of the molecule is Cc1nc(CNC(=O)C2CC(=O)N(C(C)c3ccccc3)C2)cs1. The first-order valence-electron chi connectivity index (χ1n) is 8.07. The summed E-state index contributed by atoms with van der Waals surface area (Å²) >= 11 is 1.57. The number of carbonyl (C=O) groups is 2. The molecule has 5 nitrogen and oxygen atoms in total. The molecule has 2 atom stereocenters. The number of aryl methyl sites for hydroxylation is 1. The van der Waals surface area contributed by atoms with Gasteiger partial charge in [0.15, 0.2) is 0 Å². The van der Waals surface area contributed by atoms with Gasteiger partial charge in [0.05, 0.1) is 29.2 Å². The minimum absolute atomic E-state index is 0.0160. The Hall–Kier alpha value is -2.21. The number of rotatable bonds is 5. The molecule has 0 bridgehead atoms. The Balaban J connectivity index is 1.58. The number of thiazole rings is 1. The van der Waals surface area contributed by atoms with Gasteiger partial charge in [0.2, 0.25) is 11.8 Å². The van der Waals surface area contributed by atoms with Crippen LogP contribution in [-0.2, 0) is 16.1 Å². The van der Waals surface area contributed by atoms with Crippen molar-refractivity contribution in [3.8, 4) is 0 Å². The van der Waals surface area contributed by atoms with Crippen LogP contribution in [0.3, 0.4) is 0 Å². The van der Waals surface area contributed by atoms with Crippen molar-refractivity contribution in [2.75, 3.05) is 6.54 Å². The van der Waals surface area contributed by atoms with Gasteiger partial charge in [0, 0.05) is 18.3 Å². The molecule has 24 heavy (non-hydrogen) atoms. The van der Waals surface area contributed by atoms with Gasteiger partial charge in [-0.3, -0.25) is 9.59 Å². The fourth-order valence-electron chi connectivity index (χ4n) is 3.00. The maximum absolute atomic E-state index is 12.4. The molecule has 1 N–H and O–H groups in total. The van der Waals surface area contributed by atoms with Gasteiger partial charge in [-0.2, -0.15) is 0 Å². The van der Waals surface area contributed by atoms with E-state index >= 15 is 0 Å². The number of hydrogen-bond acceptors (Lipinski definition) is 4. The van der Waals surface area contributed by atoms with E-state index in [1.807, 2.05) is 49.6 Å². The van der Waals surface area contributed by atoms with Gasteiger partial charge in [-0.25, -0.2) is 4.98 Å². The van der Waals surface area contributed by atoms with Crippen LogP contribution in [0.15, 0.2) is 35.7 Å². The van der Waals surface area contributed by atoms with E-state index in [0.29, 0.717) is 13.1 Å². The molecule has 126 valence electrons. The number of benzene rings is 1. The minimum Gasteiger partial charge on any atom is -0.350 e. The first kappa shape index (κ1) is 16.6. The van der Waals surface area contributed by atoms with Gasteiger partial charge in [0.1, 0.15) is 0 Å². The maximum atomic E-state index is 12.4. The standard InChI is InChI=1S/C18H21N3O2S/c1-12(14-6-4-3-5-7-14)21-10-15(8-17(21)22)18(23)19-9-16-11-24-13(2)20-16/h3-7,11-12,15H,8-10H2,1-2H3,(H,19,23). The smallest absolute Gasteiger partial charge is 0.225 e. The summed E-state index contributed by atoms with van der Waals surface area (Å²) in [5.41, 5.74) is 1.95. The van der Waals surface area contributed by atoms with E-state index in [1.54, 1.807) is 16.2 Å². The molecule has 1 saturated heterocycles. The Morgan fingerprint density at radius 3 is 2.83 bits per heavy atom. The second kappa shape index (κ2) is 7.13. The molecule has 1 aromatic heterocycles. The number of likely N-dealkylation sites (tertiary alicyclic amines) is 1. The van der Waals surface area contributed by atoms with Crippen LogP contribution in [-0.4, -0.2) is 28.2 Å². The van der Waals surface area contributed by atoms with Gasteiger partial charge < -0.3 is 10.2 Å². The Bertz CT molecular complexity index is 729. The molecule has 6 heteroatoms. The highest BCUT2D eigenvalue weighted by Crippen LogP contribution is 2.28. The van der Waals surface area contributed by atoms with Crippen LogP contribution in [0.4, 0.5) is 0 Å². The number of nitrogens with zero attached hydrogens (tertiary/aromatic N) is 2. The van der Waals surface area contributed by atoms with Crippen molar-refractivity contribution >= 4 is 23.2 Å². The van der Waals surface area contributed by atoms with Gasteiger partial charge in [-0.05, 0) is 19.4 Å². The van der Waals surface area contributed by atoms with Crippen molar-refractivity contribution in [3.05, 3.63) is 52.0 Å². The summed E-state index contributed by atoms with van der Waals surface area (Å²) < 4.78 is 0. The van der Waals surface area contributed by atoms with Gasteiger partial charge in [-0.15, -0.1) is 11.3 Å². The lowest BCUT2D eigenvalue weighted by atomic mass is 10.1. The van der Waals surface area contributed by atoms with Crippen LogP contribution in [0.5, 0.6) is 0 Å². The average Bonchev–Trinajstić information content (AvgIpc) is 3.18. The molecule has 2 heterocycles. The van der Waals surface area contributed by atoms with Gasteiger partial charge in [-0.1, -0.05) is 30.3 Å². The zero-order chi connectivity index (χ0) is 17.1. The third-order valence-electron chi connectivity index (χ3n) is 4.39. The quantitative estimate of drug-likeness (QED) is 0.908. The first-order valence-corrected chi connectivity index (χ1v) is 8.95. The Morgan fingerprint density at radius 1 is 1.42 bits per heavy atom. The number of aromatic nitrogens is 1. The van der Waals surface area contributed by atoms with Crippen molar-refractivity contribution in [2.45, 2.75) is 32.9 Å². The third kappa shape index (κ3) is 3.64. The topological polar surface area (TPSA) is 62.3 Å². The molecule has 3 rings (SSSR count). The molecule has 1 aliphatic rings. The first-order chi connectivity index (χ1) is 11.5. The van der Waals surface area contributed by atoms with E-state index in [2.05, 4.69) is 10.3 Å². The average molecular weight is 343 g/mol. The lowest BCUT2D eigenvalue weighted by Crippen LogP contribution is -2.33. The normalized spacial score (nSPS) is 18.7. The summed E-state index contributed by atoms with van der Waals surface area (Å²) in [4.78, 5) is 30.8. The predicted molar refractivity (Wildman–Crippen MR) is 93.4 cm³/mol. The third-order valence-corrected chi connectivity index (χ3v) is 5.21. The number of amides is 2. The van der Waals surface area contributed by atoms with E-state index in [-0.39, 0.29) is 30.2 Å². The molecule has 0 aliphatic carbocycles. The summed E-state index contributed by atoms with van der Waals surface area (Å²) in [5.74, 6) is -0.323. The van der Waals surface area contributed by atoms with E-state index < -0.39 is 0 Å². The van der Waals surface area contributed by atoms with Gasteiger partial charge >= 0.3 is 0 Å². The lowest BCUT2D eigenvalue weighted by molar-refractivity contribution is -0.130. The number of nitrogens with one attached hydrogen (secondary N) is 1. The van der Waals surface area contributed by atoms with Crippen LogP contribution in [0.2, 0.25) is 0 Å². The Morgan fingerprint density at radius 2 is 2.17 bits per heavy atom. The predicted octanol–water partition coefficient (Wildman–Crippen LogP) is 2.68. The van der Waals surface area contributed by atoms with E-state index in [9.17, 15) is 9.59 Å². The molecular weight excluding hydrogens is 322 g/mol. The van der Waals surface area contributed by atoms with Crippen LogP contribution in [0.1, 0.15) is 35.7 Å². The Labute approximate surface area is 145 Å². The van der Waals surface area contributed by atoms with E-state index in [1.165, 1.54) is 0 Å². The molecule has 1 aromatic carbocycles. The largest absolute Gasteiger partial charge is 0.350 e.